The van der Waals surface area contributed by atoms with Crippen molar-refractivity contribution in [1.29, 1.82) is 0 Å². The zero-order valence-electron chi connectivity index (χ0n) is 19.4. The van der Waals surface area contributed by atoms with Gasteiger partial charge in [-0.2, -0.15) is 5.10 Å². The number of nitrogens with one attached hydrogen (secondary N) is 3. The number of pyridine rings is 4. The van der Waals surface area contributed by atoms with Crippen LogP contribution in [0.15, 0.2) is 67.6 Å². The Bertz CT molecular complexity index is 1720. The summed E-state index contributed by atoms with van der Waals surface area (Å²) in [6.07, 6.45) is 12.1. The van der Waals surface area contributed by atoms with E-state index in [0.717, 1.165) is 38.7 Å². The molecule has 176 valence electrons. The Labute approximate surface area is 204 Å². The highest BCUT2D eigenvalue weighted by Gasteiger charge is 2.17. The van der Waals surface area contributed by atoms with E-state index in [1.807, 2.05) is 24.3 Å². The lowest BCUT2D eigenvalue weighted by atomic mass is 10.1. The predicted octanol–water partition coefficient (Wildman–Crippen LogP) is 4.11. The highest BCUT2D eigenvalue weighted by molar-refractivity contribution is 5.97. The van der Waals surface area contributed by atoms with Crippen LogP contribution in [-0.2, 0) is 0 Å². The fourth-order valence-electron chi connectivity index (χ4n) is 3.93. The Morgan fingerprint density at radius 1 is 0.917 bits per heavy atom. The van der Waals surface area contributed by atoms with Crippen molar-refractivity contribution in [3.05, 3.63) is 67.6 Å². The summed E-state index contributed by atoms with van der Waals surface area (Å²) in [7, 11) is 3.36. The van der Waals surface area contributed by atoms with Crippen molar-refractivity contribution in [3.63, 3.8) is 0 Å². The second-order valence-electron chi connectivity index (χ2n) is 8.38. The number of aromatic nitrogens is 8. The lowest BCUT2D eigenvalue weighted by Gasteiger charge is -2.12. The number of carbonyl (C=O) groups excluding carboxylic acids is 1. The summed E-state index contributed by atoms with van der Waals surface area (Å²) in [6.45, 7) is 0. The Hall–Kier alpha value is -5.19. The van der Waals surface area contributed by atoms with E-state index in [2.05, 4.69) is 40.4 Å². The predicted molar refractivity (Wildman–Crippen MR) is 136 cm³/mol. The number of fused-ring (bicyclic) bond motifs is 2. The molecule has 0 atom stereocenters. The smallest absolute Gasteiger partial charge is 0.321 e. The molecule has 2 amide bonds. The Morgan fingerprint density at radius 3 is 2.56 bits per heavy atom. The van der Waals surface area contributed by atoms with Gasteiger partial charge >= 0.3 is 6.03 Å². The topological polar surface area (TPSA) is 141 Å². The molecule has 0 aliphatic carbocycles. The first-order valence-corrected chi connectivity index (χ1v) is 11.1. The van der Waals surface area contributed by atoms with Crippen molar-refractivity contribution in [2.24, 2.45) is 0 Å². The first kappa shape index (κ1) is 21.4. The van der Waals surface area contributed by atoms with Crippen LogP contribution in [0.1, 0.15) is 0 Å². The lowest BCUT2D eigenvalue weighted by Crippen LogP contribution is -2.27. The van der Waals surface area contributed by atoms with E-state index in [0.29, 0.717) is 22.9 Å². The second kappa shape index (κ2) is 8.55. The van der Waals surface area contributed by atoms with Crippen molar-refractivity contribution in [3.8, 4) is 33.8 Å². The lowest BCUT2D eigenvalue weighted by molar-refractivity contribution is 0.230. The first-order valence-electron chi connectivity index (χ1n) is 11.1. The summed E-state index contributed by atoms with van der Waals surface area (Å²) in [5, 5.41) is 11.1. The van der Waals surface area contributed by atoms with Crippen LogP contribution in [0.5, 0.6) is 0 Å². The molecule has 0 bridgehead atoms. The van der Waals surface area contributed by atoms with E-state index in [9.17, 15) is 4.79 Å². The first-order chi connectivity index (χ1) is 17.6. The van der Waals surface area contributed by atoms with Crippen LogP contribution in [-0.4, -0.2) is 65.1 Å². The molecule has 11 heteroatoms. The largest absolute Gasteiger partial charge is 0.335 e. The molecule has 3 N–H and O–H groups in total. The highest BCUT2D eigenvalue weighted by atomic mass is 16.2. The number of H-pyrrole nitrogens is 2. The van der Waals surface area contributed by atoms with Crippen LogP contribution in [0.2, 0.25) is 0 Å². The summed E-state index contributed by atoms with van der Waals surface area (Å²) in [6, 6.07) is 7.45. The summed E-state index contributed by atoms with van der Waals surface area (Å²) in [5.41, 5.74) is 6.97. The van der Waals surface area contributed by atoms with E-state index in [4.69, 9.17) is 4.98 Å². The number of carbonyl (C=O) groups is 1. The molecule has 6 aromatic heterocycles. The van der Waals surface area contributed by atoms with Crippen molar-refractivity contribution >= 4 is 33.8 Å². The monoisotopic (exact) mass is 476 g/mol. The maximum Gasteiger partial charge on any atom is 0.321 e. The number of anilines is 1. The highest BCUT2D eigenvalue weighted by Crippen LogP contribution is 2.32. The zero-order valence-corrected chi connectivity index (χ0v) is 19.4. The van der Waals surface area contributed by atoms with Crippen LogP contribution in [0.25, 0.3) is 55.8 Å². The molecule has 6 heterocycles. The molecule has 6 rings (SSSR count). The minimum atomic E-state index is -0.231. The summed E-state index contributed by atoms with van der Waals surface area (Å²) in [5.74, 6) is 0.601. The number of aromatic amines is 2. The number of amides is 2. The van der Waals surface area contributed by atoms with E-state index in [1.54, 1.807) is 57.5 Å². The molecule has 0 aliphatic heterocycles. The maximum atomic E-state index is 12.0. The number of rotatable bonds is 4. The van der Waals surface area contributed by atoms with Gasteiger partial charge < -0.3 is 15.2 Å². The van der Waals surface area contributed by atoms with Crippen molar-refractivity contribution in [2.75, 3.05) is 19.4 Å². The molecule has 0 unspecified atom stereocenters. The maximum absolute atomic E-state index is 12.0. The molecule has 36 heavy (non-hydrogen) atoms. The molecule has 0 radical (unpaired) electrons. The van der Waals surface area contributed by atoms with Gasteiger partial charge in [-0.15, -0.1) is 0 Å². The fraction of sp³-hybridized carbons (Fsp3) is 0.0800. The normalized spacial score (nSPS) is 11.2. The average Bonchev–Trinajstić information content (AvgIpc) is 3.53. The number of hydrogen-bond donors (Lipinski definition) is 3. The van der Waals surface area contributed by atoms with Gasteiger partial charge in [-0.1, -0.05) is 0 Å². The molecule has 0 spiro atoms. The van der Waals surface area contributed by atoms with E-state index in [-0.39, 0.29) is 6.03 Å². The Morgan fingerprint density at radius 2 is 1.72 bits per heavy atom. The van der Waals surface area contributed by atoms with Crippen LogP contribution in [0.4, 0.5) is 10.5 Å². The standard InChI is InChI=1S/C25H20N10O/c1-35(2)25(36)30-17-7-15(9-27-11-17)16-8-18-22(33-34-23(18)29-10-16)24-31-20-13-28-12-19(21(20)32-24)14-3-5-26-6-4-14/h3-13H,1-2H3,(H,30,36)(H,31,32)(H,29,33,34). The fourth-order valence-corrected chi connectivity index (χ4v) is 3.93. The number of imidazole rings is 1. The van der Waals surface area contributed by atoms with Gasteiger partial charge in [0.2, 0.25) is 0 Å². The van der Waals surface area contributed by atoms with Gasteiger partial charge in [0, 0.05) is 61.8 Å². The third-order valence-corrected chi connectivity index (χ3v) is 5.76. The van der Waals surface area contributed by atoms with E-state index < -0.39 is 0 Å². The average molecular weight is 477 g/mol. The number of hydrogen-bond acceptors (Lipinski definition) is 7. The zero-order chi connectivity index (χ0) is 24.6. The minimum Gasteiger partial charge on any atom is -0.335 e. The summed E-state index contributed by atoms with van der Waals surface area (Å²) >= 11 is 0. The summed E-state index contributed by atoms with van der Waals surface area (Å²) < 4.78 is 0. The van der Waals surface area contributed by atoms with Crippen LogP contribution < -0.4 is 5.32 Å². The molecule has 0 aromatic carbocycles. The van der Waals surface area contributed by atoms with Gasteiger partial charge in [0.15, 0.2) is 11.5 Å². The third-order valence-electron chi connectivity index (χ3n) is 5.76. The van der Waals surface area contributed by atoms with Crippen molar-refractivity contribution in [1.82, 2.24) is 45.0 Å². The molecular weight excluding hydrogens is 456 g/mol. The molecular formula is C25H20N10O. The Balaban J connectivity index is 1.41. The van der Waals surface area contributed by atoms with Crippen molar-refractivity contribution < 1.29 is 4.79 Å². The van der Waals surface area contributed by atoms with Gasteiger partial charge in [-0.05, 0) is 29.8 Å². The quantitative estimate of drug-likeness (QED) is 0.348. The minimum absolute atomic E-state index is 0.231. The molecule has 11 nitrogen and oxygen atoms in total. The van der Waals surface area contributed by atoms with Crippen LogP contribution >= 0.6 is 0 Å². The second-order valence-corrected chi connectivity index (χ2v) is 8.38. The van der Waals surface area contributed by atoms with Gasteiger partial charge in [0.25, 0.3) is 0 Å². The molecule has 0 saturated heterocycles. The molecule has 6 aromatic rings. The van der Waals surface area contributed by atoms with Gasteiger partial charge in [0.05, 0.1) is 34.5 Å². The van der Waals surface area contributed by atoms with Crippen LogP contribution in [0, 0.1) is 0 Å². The third kappa shape index (κ3) is 3.78. The van der Waals surface area contributed by atoms with E-state index in [1.165, 1.54) is 4.90 Å². The SMILES string of the molecule is CN(C)C(=O)Nc1cncc(-c2cnc3[nH]nc(-c4nc5c(-c6ccncc6)cncc5[nH]4)c3c2)c1. The van der Waals surface area contributed by atoms with Gasteiger partial charge in [0.1, 0.15) is 5.69 Å². The number of urea groups is 1. The molecule has 0 saturated carbocycles. The van der Waals surface area contributed by atoms with Gasteiger partial charge in [-0.25, -0.2) is 14.8 Å². The van der Waals surface area contributed by atoms with E-state index >= 15 is 0 Å². The molecule has 0 fully saturated rings. The molecule has 0 aliphatic rings. The van der Waals surface area contributed by atoms with Gasteiger partial charge in [-0.3, -0.25) is 20.1 Å². The van der Waals surface area contributed by atoms with Crippen molar-refractivity contribution in [2.45, 2.75) is 0 Å². The Kier molecular flexibility index (Phi) is 5.07. The summed E-state index contributed by atoms with van der Waals surface area (Å²) in [4.78, 5) is 39.0. The van der Waals surface area contributed by atoms with Crippen LogP contribution in [0.3, 0.4) is 0 Å². The number of nitrogens with zero attached hydrogens (tertiary/aromatic N) is 7.